The lowest BCUT2D eigenvalue weighted by Crippen LogP contribution is -2.20. The highest BCUT2D eigenvalue weighted by atomic mass is 35.7. The average Bonchev–Trinajstić information content (AvgIpc) is 2.43. The molecular formula is C5H3ClF5N3O2S. The van der Waals surface area contributed by atoms with Crippen molar-refractivity contribution in [2.24, 2.45) is 0 Å². The maximum Gasteiger partial charge on any atom is 0.451 e. The van der Waals surface area contributed by atoms with Gasteiger partial charge in [-0.1, -0.05) is 0 Å². The van der Waals surface area contributed by atoms with Crippen LogP contribution in [0.15, 0.2) is 5.16 Å². The van der Waals surface area contributed by atoms with E-state index in [0.717, 1.165) is 0 Å². The number of alkyl halides is 5. The maximum atomic E-state index is 12.3. The van der Waals surface area contributed by atoms with Gasteiger partial charge in [-0.25, -0.2) is 17.2 Å². The van der Waals surface area contributed by atoms with Crippen molar-refractivity contribution in [3.05, 3.63) is 5.82 Å². The van der Waals surface area contributed by atoms with Crippen LogP contribution < -0.4 is 0 Å². The lowest BCUT2D eigenvalue weighted by molar-refractivity contribution is -0.148. The van der Waals surface area contributed by atoms with E-state index in [2.05, 4.69) is 10.2 Å². The number of aromatic nitrogens is 3. The quantitative estimate of drug-likeness (QED) is 0.626. The highest BCUT2D eigenvalue weighted by Crippen LogP contribution is 2.30. The Morgan fingerprint density at radius 2 is 1.82 bits per heavy atom. The van der Waals surface area contributed by atoms with Crippen molar-refractivity contribution in [1.82, 2.24) is 14.8 Å². The van der Waals surface area contributed by atoms with E-state index in [9.17, 15) is 30.4 Å². The van der Waals surface area contributed by atoms with Crippen LogP contribution in [0.4, 0.5) is 22.0 Å². The lowest BCUT2D eigenvalue weighted by atomic mass is 10.5. The van der Waals surface area contributed by atoms with Crippen LogP contribution >= 0.6 is 10.7 Å². The number of rotatable bonds is 3. The molecule has 0 amide bonds. The van der Waals surface area contributed by atoms with Gasteiger partial charge < -0.3 is 0 Å². The average molecular weight is 300 g/mol. The second-order valence-electron chi connectivity index (χ2n) is 2.74. The van der Waals surface area contributed by atoms with E-state index in [1.165, 1.54) is 0 Å². The topological polar surface area (TPSA) is 64.8 Å². The first kappa shape index (κ1) is 14.1. The van der Waals surface area contributed by atoms with Crippen molar-refractivity contribution in [3.63, 3.8) is 0 Å². The van der Waals surface area contributed by atoms with Gasteiger partial charge in [-0.15, -0.1) is 10.2 Å². The molecule has 0 N–H and O–H groups in total. The molecule has 1 aromatic heterocycles. The SMILES string of the molecule is O=S(=O)(Cl)c1nnc(C(F)(F)F)n1CC(F)F. The van der Waals surface area contributed by atoms with Gasteiger partial charge in [0, 0.05) is 10.7 Å². The third-order valence-corrected chi connectivity index (χ3v) is 2.66. The molecule has 0 aliphatic heterocycles. The van der Waals surface area contributed by atoms with Crippen LogP contribution in [0, 0.1) is 0 Å². The van der Waals surface area contributed by atoms with E-state index < -0.39 is 39.2 Å². The second kappa shape index (κ2) is 4.37. The number of hydrogen-bond acceptors (Lipinski definition) is 4. The maximum absolute atomic E-state index is 12.3. The Bertz CT molecular complexity index is 510. The first-order chi connectivity index (χ1) is 7.53. The van der Waals surface area contributed by atoms with Crippen molar-refractivity contribution in [2.75, 3.05) is 0 Å². The van der Waals surface area contributed by atoms with Gasteiger partial charge in [0.05, 0.1) is 6.54 Å². The van der Waals surface area contributed by atoms with Crippen LogP contribution in [-0.2, 0) is 21.8 Å². The molecule has 0 aromatic carbocycles. The highest BCUT2D eigenvalue weighted by Gasteiger charge is 2.40. The summed E-state index contributed by atoms with van der Waals surface area (Å²) in [4.78, 5) is 0. The summed E-state index contributed by atoms with van der Waals surface area (Å²) in [5, 5.41) is 3.78. The molecule has 1 aromatic rings. The van der Waals surface area contributed by atoms with Crippen molar-refractivity contribution in [2.45, 2.75) is 24.3 Å². The fourth-order valence-corrected chi connectivity index (χ4v) is 1.89. The monoisotopic (exact) mass is 299 g/mol. The van der Waals surface area contributed by atoms with Gasteiger partial charge in [0.2, 0.25) is 5.82 Å². The molecule has 0 bridgehead atoms. The molecule has 0 unspecified atom stereocenters. The molecule has 1 rings (SSSR count). The van der Waals surface area contributed by atoms with Crippen molar-refractivity contribution < 1.29 is 30.4 Å². The minimum atomic E-state index is -5.11. The van der Waals surface area contributed by atoms with Gasteiger partial charge in [-0.2, -0.15) is 13.2 Å². The molecule has 0 atom stereocenters. The molecule has 0 fully saturated rings. The molecule has 0 radical (unpaired) electrons. The first-order valence-corrected chi connectivity index (χ1v) is 6.07. The van der Waals surface area contributed by atoms with Crippen molar-refractivity contribution in [3.8, 4) is 0 Å². The van der Waals surface area contributed by atoms with Gasteiger partial charge in [0.1, 0.15) is 0 Å². The summed E-state index contributed by atoms with van der Waals surface area (Å²) in [6.45, 7) is -1.52. The van der Waals surface area contributed by atoms with Crippen molar-refractivity contribution >= 4 is 19.7 Å². The van der Waals surface area contributed by atoms with Crippen LogP contribution in [0.2, 0.25) is 0 Å². The minimum Gasteiger partial charge on any atom is -0.287 e. The molecular weight excluding hydrogens is 297 g/mol. The molecule has 17 heavy (non-hydrogen) atoms. The van der Waals surface area contributed by atoms with Crippen LogP contribution in [0.5, 0.6) is 0 Å². The standard InChI is InChI=1S/C5H3ClF5N3O2S/c6-17(15,16)4-13-12-3(5(9,10)11)14(4)1-2(7)8/h2H,1H2. The molecule has 5 nitrogen and oxygen atoms in total. The Morgan fingerprint density at radius 1 is 1.29 bits per heavy atom. The Morgan fingerprint density at radius 3 is 2.18 bits per heavy atom. The predicted octanol–water partition coefficient (Wildman–Crippen LogP) is 1.49. The van der Waals surface area contributed by atoms with Gasteiger partial charge in [0.25, 0.3) is 20.6 Å². The number of nitrogens with zero attached hydrogens (tertiary/aromatic N) is 3. The van der Waals surface area contributed by atoms with E-state index in [-0.39, 0.29) is 4.57 Å². The summed E-state index contributed by atoms with van der Waals surface area (Å²) in [6.07, 6.45) is -8.33. The summed E-state index contributed by atoms with van der Waals surface area (Å²) in [6, 6.07) is 0. The summed E-state index contributed by atoms with van der Waals surface area (Å²) < 4.78 is 82.3. The van der Waals surface area contributed by atoms with Crippen LogP contribution in [0.25, 0.3) is 0 Å². The molecule has 12 heteroatoms. The molecule has 0 spiro atoms. The molecule has 0 aliphatic rings. The summed E-state index contributed by atoms with van der Waals surface area (Å²) in [5.41, 5.74) is 0. The van der Waals surface area contributed by atoms with Crippen LogP contribution in [-0.4, -0.2) is 29.6 Å². The smallest absolute Gasteiger partial charge is 0.287 e. The summed E-state index contributed by atoms with van der Waals surface area (Å²) >= 11 is 0. The Labute approximate surface area is 95.6 Å². The van der Waals surface area contributed by atoms with E-state index >= 15 is 0 Å². The van der Waals surface area contributed by atoms with Crippen molar-refractivity contribution in [1.29, 1.82) is 0 Å². The molecule has 0 aliphatic carbocycles. The van der Waals surface area contributed by atoms with E-state index in [1.54, 1.807) is 0 Å². The van der Waals surface area contributed by atoms with Crippen LogP contribution in [0.3, 0.4) is 0 Å². The third kappa shape index (κ3) is 3.25. The van der Waals surface area contributed by atoms with Crippen LogP contribution in [0.1, 0.15) is 5.82 Å². The fraction of sp³-hybridized carbons (Fsp3) is 0.600. The molecule has 1 heterocycles. The van der Waals surface area contributed by atoms with E-state index in [1.807, 2.05) is 0 Å². The van der Waals surface area contributed by atoms with Gasteiger partial charge >= 0.3 is 6.18 Å². The zero-order chi connectivity index (χ0) is 13.4. The van der Waals surface area contributed by atoms with Gasteiger partial charge in [0.15, 0.2) is 0 Å². The van der Waals surface area contributed by atoms with Gasteiger partial charge in [-0.3, -0.25) is 4.57 Å². The first-order valence-electron chi connectivity index (χ1n) is 3.76. The van der Waals surface area contributed by atoms with E-state index in [0.29, 0.717) is 0 Å². The molecule has 0 saturated carbocycles. The lowest BCUT2D eigenvalue weighted by Gasteiger charge is -2.09. The number of halogens is 6. The minimum absolute atomic E-state index is 0.285. The summed E-state index contributed by atoms with van der Waals surface area (Å²) in [5.74, 6) is -1.85. The molecule has 0 saturated heterocycles. The predicted molar refractivity (Wildman–Crippen MR) is 44.1 cm³/mol. The zero-order valence-corrected chi connectivity index (χ0v) is 9.19. The largest absolute Gasteiger partial charge is 0.451 e. The second-order valence-corrected chi connectivity index (χ2v) is 5.20. The molecule has 98 valence electrons. The number of hydrogen-bond donors (Lipinski definition) is 0. The summed E-state index contributed by atoms with van der Waals surface area (Å²) in [7, 11) is 0.0569. The Kier molecular flexibility index (Phi) is 3.62. The fourth-order valence-electron chi connectivity index (χ4n) is 0.981. The Hall–Kier alpha value is -0.970. The normalized spacial score (nSPS) is 13.4. The van der Waals surface area contributed by atoms with Gasteiger partial charge in [-0.05, 0) is 0 Å². The third-order valence-electron chi connectivity index (χ3n) is 1.51. The van der Waals surface area contributed by atoms with E-state index in [4.69, 9.17) is 10.7 Å². The highest BCUT2D eigenvalue weighted by molar-refractivity contribution is 8.13. The Balaban J connectivity index is 3.41. The zero-order valence-electron chi connectivity index (χ0n) is 7.62.